The summed E-state index contributed by atoms with van der Waals surface area (Å²) in [5.41, 5.74) is 0. The average molecular weight is 439 g/mol. The van der Waals surface area contributed by atoms with E-state index in [1.807, 2.05) is 0 Å². The molecule has 0 aromatic rings. The molecule has 31 heavy (non-hydrogen) atoms. The van der Waals surface area contributed by atoms with E-state index in [4.69, 9.17) is 4.74 Å². The molecule has 0 radical (unpaired) electrons. The Kier molecular flexibility index (Phi) is 98.7. The fraction of sp³-hybridized carbons (Fsp3) is 0.667. The fourth-order valence-electron chi connectivity index (χ4n) is 2.78. The first kappa shape index (κ1) is 43.5. The van der Waals surface area contributed by atoms with Crippen molar-refractivity contribution in [2.75, 3.05) is 13.2 Å². The first-order valence-electron chi connectivity index (χ1n) is 12.5. The molecule has 0 aliphatic rings. The Morgan fingerprint density at radius 3 is 0.742 bits per heavy atom. The van der Waals surface area contributed by atoms with E-state index in [1.165, 1.54) is 103 Å². The molecule has 0 spiro atoms. The largest absolute Gasteiger partial charge is 0.381 e. The average Bonchev–Trinajstić information content (AvgIpc) is 2.87. The Morgan fingerprint density at radius 2 is 0.516 bits per heavy atom. The Morgan fingerprint density at radius 1 is 0.323 bits per heavy atom. The molecule has 0 aliphatic heterocycles. The molecule has 0 bridgehead atoms. The van der Waals surface area contributed by atoms with Gasteiger partial charge in [0.1, 0.15) is 0 Å². The predicted octanol–water partition coefficient (Wildman–Crippen LogP) is 11.3. The number of unbranched alkanes of at least 4 members (excludes halogenated alkanes) is 14. The number of ether oxygens (including phenoxy) is 1. The zero-order valence-corrected chi connectivity index (χ0v) is 22.2. The highest BCUT2D eigenvalue weighted by atomic mass is 16.5. The van der Waals surface area contributed by atoms with Crippen molar-refractivity contribution in [1.29, 1.82) is 0 Å². The van der Waals surface area contributed by atoms with Gasteiger partial charge in [-0.05, 0) is 12.8 Å². The van der Waals surface area contributed by atoms with Crippen LogP contribution in [-0.2, 0) is 4.74 Å². The maximum atomic E-state index is 5.72. The van der Waals surface area contributed by atoms with Crippen molar-refractivity contribution < 1.29 is 4.74 Å². The van der Waals surface area contributed by atoms with Crippen LogP contribution in [0, 0.1) is 0 Å². The Labute approximate surface area is 200 Å². The van der Waals surface area contributed by atoms with Crippen LogP contribution in [0.1, 0.15) is 117 Å². The molecule has 1 nitrogen and oxygen atoms in total. The van der Waals surface area contributed by atoms with Gasteiger partial charge in [-0.2, -0.15) is 0 Å². The van der Waals surface area contributed by atoms with Crippen LogP contribution in [0.4, 0.5) is 0 Å². The van der Waals surface area contributed by atoms with Crippen LogP contribution in [0.25, 0.3) is 0 Å². The molecule has 0 atom stereocenters. The van der Waals surface area contributed by atoms with E-state index in [1.54, 1.807) is 0 Å². The quantitative estimate of drug-likeness (QED) is 0.153. The summed E-state index contributed by atoms with van der Waals surface area (Å²) in [6.45, 7) is 36.5. The third-order valence-electron chi connectivity index (χ3n) is 4.28. The predicted molar refractivity (Wildman–Crippen MR) is 152 cm³/mol. The summed E-state index contributed by atoms with van der Waals surface area (Å²) in [6.07, 6.45) is 22.2. The molecular formula is C30H62O. The van der Waals surface area contributed by atoms with Crippen LogP contribution >= 0.6 is 0 Å². The molecule has 0 aromatic carbocycles. The Hall–Kier alpha value is -1.34. The van der Waals surface area contributed by atoms with Gasteiger partial charge < -0.3 is 4.74 Å². The van der Waals surface area contributed by atoms with Gasteiger partial charge in [-0.1, -0.05) is 104 Å². The van der Waals surface area contributed by atoms with Crippen molar-refractivity contribution in [2.45, 2.75) is 117 Å². The SMILES string of the molecule is C=C.C=C.C=C.C=C.C=C.CCCCCCCCCCOCCCCCCCCCC. The third-order valence-corrected chi connectivity index (χ3v) is 4.28. The van der Waals surface area contributed by atoms with Gasteiger partial charge >= 0.3 is 0 Å². The topological polar surface area (TPSA) is 9.23 Å². The first-order chi connectivity index (χ1) is 15.4. The van der Waals surface area contributed by atoms with Crippen molar-refractivity contribution in [2.24, 2.45) is 0 Å². The van der Waals surface area contributed by atoms with Crippen molar-refractivity contribution >= 4 is 0 Å². The van der Waals surface area contributed by atoms with E-state index in [-0.39, 0.29) is 0 Å². The summed E-state index contributed by atoms with van der Waals surface area (Å²) >= 11 is 0. The zero-order valence-electron chi connectivity index (χ0n) is 22.2. The summed E-state index contributed by atoms with van der Waals surface area (Å²) in [7, 11) is 0. The van der Waals surface area contributed by atoms with Gasteiger partial charge in [-0.15, -0.1) is 65.8 Å². The molecule has 0 aromatic heterocycles. The Bertz CT molecular complexity index is 197. The van der Waals surface area contributed by atoms with Gasteiger partial charge in [0.25, 0.3) is 0 Å². The fourth-order valence-corrected chi connectivity index (χ4v) is 2.78. The summed E-state index contributed by atoms with van der Waals surface area (Å²) < 4.78 is 5.72. The van der Waals surface area contributed by atoms with Crippen LogP contribution in [0.5, 0.6) is 0 Å². The molecule has 0 amide bonds. The summed E-state index contributed by atoms with van der Waals surface area (Å²) in [6, 6.07) is 0. The van der Waals surface area contributed by atoms with Gasteiger partial charge in [0.15, 0.2) is 0 Å². The summed E-state index contributed by atoms with van der Waals surface area (Å²) in [4.78, 5) is 0. The molecule has 0 saturated heterocycles. The standard InChI is InChI=1S/C20H42O.5C2H4/c1-3-5-7-9-11-13-15-17-19-21-20-18-16-14-12-10-8-6-4-2;5*1-2/h3-20H2,1-2H3;5*1-2H2. The van der Waals surface area contributed by atoms with Gasteiger partial charge in [0.05, 0.1) is 0 Å². The van der Waals surface area contributed by atoms with Crippen LogP contribution in [0.15, 0.2) is 65.8 Å². The molecule has 0 unspecified atom stereocenters. The molecule has 0 rings (SSSR count). The van der Waals surface area contributed by atoms with Crippen molar-refractivity contribution in [3.05, 3.63) is 65.8 Å². The molecule has 0 aliphatic carbocycles. The van der Waals surface area contributed by atoms with Gasteiger partial charge in [0.2, 0.25) is 0 Å². The second kappa shape index (κ2) is 70.3. The van der Waals surface area contributed by atoms with Crippen LogP contribution in [0.3, 0.4) is 0 Å². The normalized spacial score (nSPS) is 8.19. The molecule has 0 N–H and O–H groups in total. The van der Waals surface area contributed by atoms with Crippen LogP contribution in [0.2, 0.25) is 0 Å². The number of hydrogen-bond donors (Lipinski definition) is 0. The number of rotatable bonds is 18. The second-order valence-corrected chi connectivity index (χ2v) is 6.56. The van der Waals surface area contributed by atoms with E-state index in [9.17, 15) is 0 Å². The van der Waals surface area contributed by atoms with Gasteiger partial charge in [-0.25, -0.2) is 0 Å². The Balaban J connectivity index is -0.000000136. The van der Waals surface area contributed by atoms with Crippen molar-refractivity contribution in [3.8, 4) is 0 Å². The lowest BCUT2D eigenvalue weighted by Crippen LogP contribution is -1.97. The lowest BCUT2D eigenvalue weighted by Gasteiger charge is -2.05. The second-order valence-electron chi connectivity index (χ2n) is 6.56. The van der Waals surface area contributed by atoms with Gasteiger partial charge in [0, 0.05) is 13.2 Å². The maximum absolute atomic E-state index is 5.72. The summed E-state index contributed by atoms with van der Waals surface area (Å²) in [5, 5.41) is 0. The van der Waals surface area contributed by atoms with E-state index < -0.39 is 0 Å². The highest BCUT2D eigenvalue weighted by Gasteiger charge is 1.94. The molecule has 0 fully saturated rings. The smallest absolute Gasteiger partial charge is 0.0466 e. The molecule has 188 valence electrons. The minimum absolute atomic E-state index is 0.992. The van der Waals surface area contributed by atoms with E-state index >= 15 is 0 Å². The summed E-state index contributed by atoms with van der Waals surface area (Å²) in [5.74, 6) is 0. The highest BCUT2D eigenvalue weighted by molar-refractivity contribution is 4.47. The monoisotopic (exact) mass is 438 g/mol. The van der Waals surface area contributed by atoms with Crippen LogP contribution < -0.4 is 0 Å². The number of hydrogen-bond acceptors (Lipinski definition) is 1. The molecular weight excluding hydrogens is 376 g/mol. The first-order valence-corrected chi connectivity index (χ1v) is 12.5. The van der Waals surface area contributed by atoms with Crippen molar-refractivity contribution in [1.82, 2.24) is 0 Å². The highest BCUT2D eigenvalue weighted by Crippen LogP contribution is 2.10. The third kappa shape index (κ3) is 73.4. The lowest BCUT2D eigenvalue weighted by atomic mass is 10.1. The molecule has 1 heteroatoms. The maximum Gasteiger partial charge on any atom is 0.0466 e. The van der Waals surface area contributed by atoms with E-state index in [0.717, 1.165) is 13.2 Å². The van der Waals surface area contributed by atoms with Crippen LogP contribution in [-0.4, -0.2) is 13.2 Å². The minimum atomic E-state index is 0.992. The van der Waals surface area contributed by atoms with E-state index in [2.05, 4.69) is 79.6 Å². The van der Waals surface area contributed by atoms with Gasteiger partial charge in [-0.3, -0.25) is 0 Å². The minimum Gasteiger partial charge on any atom is -0.381 e. The molecule has 0 saturated carbocycles. The zero-order chi connectivity index (χ0) is 25.4. The van der Waals surface area contributed by atoms with E-state index in [0.29, 0.717) is 0 Å². The van der Waals surface area contributed by atoms with Crippen molar-refractivity contribution in [3.63, 3.8) is 0 Å². The molecule has 0 heterocycles. The lowest BCUT2D eigenvalue weighted by molar-refractivity contribution is 0.125.